The Balaban J connectivity index is 0.000000158. The van der Waals surface area contributed by atoms with Gasteiger partial charge in [-0.25, -0.2) is 0 Å². The van der Waals surface area contributed by atoms with Crippen LogP contribution in [0.15, 0.2) is 291 Å². The minimum absolute atomic E-state index is 0.248. The molecule has 2 aliphatic heterocycles. The Morgan fingerprint density at radius 1 is 0.304 bits per heavy atom. The van der Waals surface area contributed by atoms with E-state index in [1.165, 1.54) is 87.6 Å². The maximum absolute atomic E-state index is 9.84. The van der Waals surface area contributed by atoms with E-state index in [4.69, 9.17) is 11.5 Å². The first-order valence-electron chi connectivity index (χ1n) is 26.4. The molecule has 0 spiro atoms. The van der Waals surface area contributed by atoms with Gasteiger partial charge in [0.15, 0.2) is 16.1 Å². The van der Waals surface area contributed by atoms with Crippen LogP contribution in [0.2, 0.25) is 13.1 Å². The molecule has 5 heteroatoms. The van der Waals surface area contributed by atoms with E-state index < -0.39 is 16.1 Å². The summed E-state index contributed by atoms with van der Waals surface area (Å²) in [7, 11) is -5.18. The molecule has 0 atom stereocenters. The molecular weight excluding hydrogens is 1100 g/mol. The van der Waals surface area contributed by atoms with E-state index >= 15 is 0 Å². The smallest absolute Gasteiger partial charge is 0.199 e. The van der Waals surface area contributed by atoms with Crippen molar-refractivity contribution in [2.75, 3.05) is 0 Å². The number of benzene rings is 10. The van der Waals surface area contributed by atoms with Crippen LogP contribution in [0.1, 0.15) is 50.1 Å². The summed E-state index contributed by atoms with van der Waals surface area (Å²) in [6.45, 7) is 4.72. The zero-order chi connectivity index (χ0) is 54.6. The average Bonchev–Trinajstić information content (AvgIpc) is 3.02. The molecule has 0 amide bonds. The molecule has 2 heterocycles. The van der Waals surface area contributed by atoms with Crippen molar-refractivity contribution in [3.63, 3.8) is 0 Å². The van der Waals surface area contributed by atoms with Gasteiger partial charge in [0.05, 0.1) is 0 Å². The fourth-order valence-electron chi connectivity index (χ4n) is 10.9. The van der Waals surface area contributed by atoms with Crippen LogP contribution in [0.4, 0.5) is 0 Å². The summed E-state index contributed by atoms with van der Waals surface area (Å²) in [6.07, 6.45) is 6.45. The predicted molar refractivity (Wildman–Crippen MR) is 347 cm³/mol. The largest absolute Gasteiger partial charge is 0.508 e. The normalized spacial score (nSPS) is 14.0. The quantitative estimate of drug-likeness (QED) is 0.0904. The number of allylic oxidation sites excluding steroid dienone is 4. The van der Waals surface area contributed by atoms with Crippen LogP contribution in [0.3, 0.4) is 0 Å². The van der Waals surface area contributed by atoms with E-state index in [1.807, 2.05) is 24.3 Å². The van der Waals surface area contributed by atoms with Crippen molar-refractivity contribution in [1.29, 1.82) is 0 Å². The Morgan fingerprint density at radius 3 is 0.772 bits per heavy atom. The molecule has 0 unspecified atom stereocenters. The lowest BCUT2D eigenvalue weighted by Crippen LogP contribution is -2.31. The van der Waals surface area contributed by atoms with Gasteiger partial charge in [-0.15, -0.1) is 17.5 Å². The average molecular weight is 1160 g/mol. The number of hydrogen-bond acceptors (Lipinski definition) is 2. The number of terminal acetylenes is 1. The molecule has 2 N–H and O–H groups in total. The number of aromatic hydroxyl groups is 2. The lowest BCUT2D eigenvalue weighted by molar-refractivity contribution is 0.474. The van der Waals surface area contributed by atoms with Crippen LogP contribution in [0, 0.1) is 27.0 Å². The first-order chi connectivity index (χ1) is 38.7. The zero-order valence-corrected chi connectivity index (χ0v) is 48.2. The molecule has 0 fully saturated rings. The standard InChI is InChI=1S/C37H28OSi.C31H24Si.C6H5IO/c1-39(27-26-28-22-24-33(38)25-23-28)36(31-18-10-4-11-19-31)34(29-14-6-2-7-15-29)35(30-16-8-3-9-17-30)37(39)32-20-12-5-13-21-32;1-3-32(2)30(26-20-12-6-13-21-26)28(24-16-8-4-9-17-24)29(25-18-10-5-11-19-25)31(32)27-22-14-7-15-23-27;7-5-1-3-6(8)4-2-5/h2-25,38H,1H3;1,4-23H,2H3;1-4,8H. The highest BCUT2D eigenvalue weighted by Crippen LogP contribution is 2.57. The van der Waals surface area contributed by atoms with Gasteiger partial charge >= 0.3 is 0 Å². The zero-order valence-electron chi connectivity index (χ0n) is 44.1. The highest BCUT2D eigenvalue weighted by molar-refractivity contribution is 14.1. The highest BCUT2D eigenvalue weighted by atomic mass is 127. The Bertz CT molecular complexity index is 3720. The second-order valence-corrected chi connectivity index (χ2v) is 27.9. The lowest BCUT2D eigenvalue weighted by Gasteiger charge is -2.25. The Kier molecular flexibility index (Phi) is 16.6. The molecule has 380 valence electrons. The summed E-state index contributed by atoms with van der Waals surface area (Å²) in [5.41, 5.74) is 22.9. The molecule has 0 radical (unpaired) electrons. The molecule has 0 aliphatic carbocycles. The molecule has 0 saturated heterocycles. The van der Waals surface area contributed by atoms with Gasteiger partial charge in [-0.3, -0.25) is 0 Å². The maximum atomic E-state index is 9.84. The topological polar surface area (TPSA) is 40.5 Å². The Hall–Kier alpha value is -8.96. The summed E-state index contributed by atoms with van der Waals surface area (Å²) >= 11 is 2.19. The van der Waals surface area contributed by atoms with Crippen molar-refractivity contribution in [2.24, 2.45) is 0 Å². The van der Waals surface area contributed by atoms with Crippen molar-refractivity contribution >= 4 is 81.8 Å². The van der Waals surface area contributed by atoms with Gasteiger partial charge in [-0.1, -0.05) is 262 Å². The van der Waals surface area contributed by atoms with E-state index in [9.17, 15) is 5.11 Å². The molecule has 10 aromatic carbocycles. The van der Waals surface area contributed by atoms with Gasteiger partial charge < -0.3 is 10.2 Å². The number of hydrogen-bond donors (Lipinski definition) is 2. The summed E-state index contributed by atoms with van der Waals surface area (Å²) in [5, 5.41) is 23.9. The molecular formula is C74H57IO2Si2. The number of phenolic OH excluding ortho intramolecular Hbond substituents is 2. The lowest BCUT2D eigenvalue weighted by atomic mass is 9.89. The van der Waals surface area contributed by atoms with Crippen molar-refractivity contribution in [3.8, 4) is 34.9 Å². The molecule has 79 heavy (non-hydrogen) atoms. The highest BCUT2D eigenvalue weighted by Gasteiger charge is 2.48. The number of halogens is 1. The van der Waals surface area contributed by atoms with Crippen LogP contribution in [-0.2, 0) is 0 Å². The van der Waals surface area contributed by atoms with Crippen molar-refractivity contribution in [2.45, 2.75) is 13.1 Å². The molecule has 12 rings (SSSR count). The van der Waals surface area contributed by atoms with Gasteiger partial charge in [0.1, 0.15) is 11.5 Å². The summed E-state index contributed by atoms with van der Waals surface area (Å²) in [4.78, 5) is 0. The minimum Gasteiger partial charge on any atom is -0.508 e. The Labute approximate surface area is 481 Å². The van der Waals surface area contributed by atoms with Gasteiger partial charge in [-0.2, -0.15) is 0 Å². The molecule has 10 aromatic rings. The Morgan fingerprint density at radius 2 is 0.532 bits per heavy atom. The third kappa shape index (κ3) is 11.5. The number of rotatable bonds is 8. The SMILES string of the molecule is C#C[Si]1(C)C(c2ccccc2)=C(c2ccccc2)C(c2ccccc2)=C1c1ccccc1.C[Si]1(C#Cc2ccc(O)cc2)C(c2ccccc2)=C(c2ccccc2)C(c2ccccc2)=C1c1ccccc1.Oc1ccc(I)cc1. The van der Waals surface area contributed by atoms with E-state index in [2.05, 4.69) is 295 Å². The van der Waals surface area contributed by atoms with Gasteiger partial charge in [0, 0.05) is 9.13 Å². The molecule has 0 aromatic heterocycles. The third-order valence-corrected chi connectivity index (χ3v) is 22.5. The van der Waals surface area contributed by atoms with E-state index in [0.29, 0.717) is 5.75 Å². The van der Waals surface area contributed by atoms with Crippen LogP contribution >= 0.6 is 22.6 Å². The van der Waals surface area contributed by atoms with Gasteiger partial charge in [0.25, 0.3) is 0 Å². The van der Waals surface area contributed by atoms with Crippen LogP contribution in [-0.4, -0.2) is 26.4 Å². The summed E-state index contributed by atoms with van der Waals surface area (Å²) < 4.78 is 1.14. The molecule has 0 bridgehead atoms. The fraction of sp³-hybridized carbons (Fsp3) is 0.0270. The second-order valence-electron chi connectivity index (χ2n) is 19.6. The van der Waals surface area contributed by atoms with Gasteiger partial charge in [0.2, 0.25) is 0 Å². The van der Waals surface area contributed by atoms with Gasteiger partial charge in [-0.05, 0) is 159 Å². The summed E-state index contributed by atoms with van der Waals surface area (Å²) in [6, 6.07) is 100. The van der Waals surface area contributed by atoms with E-state index in [0.717, 1.165) is 9.13 Å². The van der Waals surface area contributed by atoms with Crippen molar-refractivity contribution < 1.29 is 10.2 Å². The number of phenols is 2. The van der Waals surface area contributed by atoms with Crippen LogP contribution < -0.4 is 0 Å². The van der Waals surface area contributed by atoms with Crippen molar-refractivity contribution in [3.05, 3.63) is 345 Å². The molecule has 0 saturated carbocycles. The monoisotopic (exact) mass is 1160 g/mol. The summed E-state index contributed by atoms with van der Waals surface area (Å²) in [5.74, 6) is 4.10. The first-order valence-corrected chi connectivity index (χ1v) is 32.4. The molecule has 2 aliphatic rings. The van der Waals surface area contributed by atoms with Crippen LogP contribution in [0.5, 0.6) is 11.5 Å². The molecule has 2 nitrogen and oxygen atoms in total. The fourth-order valence-corrected chi connectivity index (χ4v) is 18.8. The third-order valence-electron chi connectivity index (χ3n) is 14.4. The van der Waals surface area contributed by atoms with Crippen molar-refractivity contribution in [1.82, 2.24) is 0 Å². The maximum Gasteiger partial charge on any atom is 0.199 e. The van der Waals surface area contributed by atoms with E-state index in [-0.39, 0.29) is 5.75 Å². The van der Waals surface area contributed by atoms with E-state index in [1.54, 1.807) is 24.3 Å². The second kappa shape index (κ2) is 24.6. The predicted octanol–water partition coefficient (Wildman–Crippen LogP) is 18.2. The minimum atomic E-state index is -2.68. The first kappa shape index (κ1) is 53.4. The van der Waals surface area contributed by atoms with Crippen LogP contribution in [0.25, 0.3) is 43.1 Å².